The number of hydrogen-bond donors (Lipinski definition) is 0. The lowest BCUT2D eigenvalue weighted by molar-refractivity contribution is 0.407. The first-order valence-corrected chi connectivity index (χ1v) is 7.64. The third-order valence-electron chi connectivity index (χ3n) is 3.72. The normalized spacial score (nSPS) is 17.9. The number of para-hydroxylation sites is 1. The van der Waals surface area contributed by atoms with Gasteiger partial charge in [0.1, 0.15) is 5.75 Å². The molecule has 2 aromatic carbocycles. The fourth-order valence-corrected chi connectivity index (χ4v) is 3.90. The summed E-state index contributed by atoms with van der Waals surface area (Å²) >= 11 is 1.97. The smallest absolute Gasteiger partial charge is 0.122 e. The van der Waals surface area contributed by atoms with Gasteiger partial charge in [0.15, 0.2) is 0 Å². The van der Waals surface area contributed by atoms with Crippen molar-refractivity contribution >= 4 is 11.8 Å². The summed E-state index contributed by atoms with van der Waals surface area (Å²) in [4.78, 5) is 1.42. The Bertz CT molecular complexity index is 592. The van der Waals surface area contributed by atoms with E-state index in [1.54, 1.807) is 7.11 Å². The molecular weight excluding hydrogens is 252 g/mol. The van der Waals surface area contributed by atoms with Gasteiger partial charge >= 0.3 is 0 Å². The Kier molecular flexibility index (Phi) is 3.52. The summed E-state index contributed by atoms with van der Waals surface area (Å²) in [6.07, 6.45) is 1.18. The zero-order valence-corrected chi connectivity index (χ0v) is 12.2. The van der Waals surface area contributed by atoms with Crippen LogP contribution in [0.25, 0.3) is 0 Å². The third kappa shape index (κ3) is 2.37. The van der Waals surface area contributed by atoms with Crippen molar-refractivity contribution in [3.8, 4) is 5.75 Å². The van der Waals surface area contributed by atoms with Crippen molar-refractivity contribution in [3.05, 3.63) is 59.2 Å². The van der Waals surface area contributed by atoms with Gasteiger partial charge in [-0.3, -0.25) is 0 Å². The highest BCUT2D eigenvalue weighted by Crippen LogP contribution is 2.43. The van der Waals surface area contributed by atoms with E-state index in [1.807, 2.05) is 17.8 Å². The van der Waals surface area contributed by atoms with Gasteiger partial charge in [-0.05, 0) is 36.8 Å². The Labute approximate surface area is 119 Å². The molecule has 1 unspecified atom stereocenters. The fourth-order valence-electron chi connectivity index (χ4n) is 2.79. The van der Waals surface area contributed by atoms with Crippen LogP contribution in [0, 0.1) is 6.92 Å². The highest BCUT2D eigenvalue weighted by Gasteiger charge is 2.24. The minimum atomic E-state index is 0.465. The number of benzene rings is 2. The molecule has 0 aromatic heterocycles. The predicted octanol–water partition coefficient (Wildman–Crippen LogP) is 4.63. The molecule has 0 amide bonds. The van der Waals surface area contributed by atoms with Gasteiger partial charge in [0.2, 0.25) is 0 Å². The van der Waals surface area contributed by atoms with Crippen molar-refractivity contribution in [1.29, 1.82) is 0 Å². The van der Waals surface area contributed by atoms with E-state index >= 15 is 0 Å². The molecule has 0 spiro atoms. The summed E-state index contributed by atoms with van der Waals surface area (Å²) in [5.41, 5.74) is 4.11. The summed E-state index contributed by atoms with van der Waals surface area (Å²) < 4.78 is 5.54. The lowest BCUT2D eigenvalue weighted by atomic mass is 9.87. The first-order chi connectivity index (χ1) is 9.29. The number of rotatable bonds is 2. The zero-order valence-electron chi connectivity index (χ0n) is 11.3. The van der Waals surface area contributed by atoms with E-state index in [0.717, 1.165) is 5.75 Å². The molecule has 0 aliphatic carbocycles. The molecule has 0 bridgehead atoms. The van der Waals surface area contributed by atoms with Crippen LogP contribution in [0.3, 0.4) is 0 Å². The highest BCUT2D eigenvalue weighted by atomic mass is 32.2. The number of methoxy groups -OCH3 is 1. The maximum atomic E-state index is 5.54. The number of aryl methyl sites for hydroxylation is 1. The van der Waals surface area contributed by atoms with Gasteiger partial charge in [-0.1, -0.05) is 35.9 Å². The summed E-state index contributed by atoms with van der Waals surface area (Å²) in [5.74, 6) is 2.65. The molecule has 98 valence electrons. The molecule has 0 radical (unpaired) electrons. The molecule has 0 saturated heterocycles. The summed E-state index contributed by atoms with van der Waals surface area (Å²) in [6.45, 7) is 2.17. The molecule has 1 aliphatic rings. The first kappa shape index (κ1) is 12.6. The average Bonchev–Trinajstić information content (AvgIpc) is 2.46. The number of thioether (sulfide) groups is 1. The molecule has 1 atom stereocenters. The third-order valence-corrected chi connectivity index (χ3v) is 4.84. The van der Waals surface area contributed by atoms with Crippen molar-refractivity contribution < 1.29 is 4.74 Å². The molecule has 3 rings (SSSR count). The quantitative estimate of drug-likeness (QED) is 0.786. The van der Waals surface area contributed by atoms with Crippen molar-refractivity contribution in [1.82, 2.24) is 0 Å². The molecule has 1 heterocycles. The average molecular weight is 270 g/mol. The van der Waals surface area contributed by atoms with E-state index < -0.39 is 0 Å². The van der Waals surface area contributed by atoms with E-state index in [1.165, 1.54) is 33.8 Å². The van der Waals surface area contributed by atoms with Crippen LogP contribution in [0.15, 0.2) is 47.4 Å². The molecule has 1 nitrogen and oxygen atoms in total. The lowest BCUT2D eigenvalue weighted by Crippen LogP contribution is -2.10. The van der Waals surface area contributed by atoms with Crippen molar-refractivity contribution in [2.75, 3.05) is 12.9 Å². The van der Waals surface area contributed by atoms with Gasteiger partial charge in [-0.25, -0.2) is 0 Å². The zero-order chi connectivity index (χ0) is 13.2. The minimum absolute atomic E-state index is 0.465. The lowest BCUT2D eigenvalue weighted by Gasteiger charge is -2.27. The van der Waals surface area contributed by atoms with Crippen LogP contribution in [0.4, 0.5) is 0 Å². The molecular formula is C17H18OS. The molecule has 0 N–H and O–H groups in total. The highest BCUT2D eigenvalue weighted by molar-refractivity contribution is 7.99. The SMILES string of the molecule is COc1ccccc1C1CCSc2ccc(C)cc21. The number of ether oxygens (including phenoxy) is 1. The Hall–Kier alpha value is -1.41. The van der Waals surface area contributed by atoms with E-state index in [0.29, 0.717) is 5.92 Å². The van der Waals surface area contributed by atoms with E-state index in [2.05, 4.69) is 43.3 Å². The monoisotopic (exact) mass is 270 g/mol. The maximum Gasteiger partial charge on any atom is 0.122 e. The van der Waals surface area contributed by atoms with E-state index in [9.17, 15) is 0 Å². The van der Waals surface area contributed by atoms with Crippen LogP contribution >= 0.6 is 11.8 Å². The Morgan fingerprint density at radius 3 is 2.79 bits per heavy atom. The van der Waals surface area contributed by atoms with Crippen molar-refractivity contribution in [2.24, 2.45) is 0 Å². The second-order valence-electron chi connectivity index (χ2n) is 4.97. The molecule has 0 saturated carbocycles. The Balaban J connectivity index is 2.10. The maximum absolute atomic E-state index is 5.54. The van der Waals surface area contributed by atoms with Gasteiger partial charge < -0.3 is 4.74 Å². The molecule has 1 aliphatic heterocycles. The van der Waals surface area contributed by atoms with Crippen LogP contribution in [0.2, 0.25) is 0 Å². The summed E-state index contributed by atoms with van der Waals surface area (Å²) in [6, 6.07) is 15.2. The largest absolute Gasteiger partial charge is 0.496 e. The van der Waals surface area contributed by atoms with Crippen LogP contribution in [-0.2, 0) is 0 Å². The second-order valence-corrected chi connectivity index (χ2v) is 6.11. The standard InChI is InChI=1S/C17H18OS/c1-12-7-8-17-15(11-12)13(9-10-19-17)14-5-3-4-6-16(14)18-2/h3-8,11,13H,9-10H2,1-2H3. The van der Waals surface area contributed by atoms with E-state index in [4.69, 9.17) is 4.74 Å². The molecule has 2 aromatic rings. The summed E-state index contributed by atoms with van der Waals surface area (Å²) in [5, 5.41) is 0. The minimum Gasteiger partial charge on any atom is -0.496 e. The number of fused-ring (bicyclic) bond motifs is 1. The molecule has 2 heteroatoms. The molecule has 19 heavy (non-hydrogen) atoms. The van der Waals surface area contributed by atoms with Crippen molar-refractivity contribution in [2.45, 2.75) is 24.2 Å². The van der Waals surface area contributed by atoms with E-state index in [-0.39, 0.29) is 0 Å². The van der Waals surface area contributed by atoms with Gasteiger partial charge in [-0.15, -0.1) is 11.8 Å². The van der Waals surface area contributed by atoms with Crippen molar-refractivity contribution in [3.63, 3.8) is 0 Å². The topological polar surface area (TPSA) is 9.23 Å². The number of hydrogen-bond acceptors (Lipinski definition) is 2. The second kappa shape index (κ2) is 5.30. The van der Waals surface area contributed by atoms with Crippen LogP contribution in [-0.4, -0.2) is 12.9 Å². The first-order valence-electron chi connectivity index (χ1n) is 6.66. The van der Waals surface area contributed by atoms with Gasteiger partial charge in [0.05, 0.1) is 7.11 Å². The fraction of sp³-hybridized carbons (Fsp3) is 0.294. The van der Waals surface area contributed by atoms with Crippen LogP contribution in [0.1, 0.15) is 29.0 Å². The summed E-state index contributed by atoms with van der Waals surface area (Å²) in [7, 11) is 1.76. The Morgan fingerprint density at radius 1 is 1.11 bits per heavy atom. The van der Waals surface area contributed by atoms with Gasteiger partial charge in [0, 0.05) is 16.4 Å². The van der Waals surface area contributed by atoms with Crippen LogP contribution < -0.4 is 4.74 Å². The Morgan fingerprint density at radius 2 is 1.95 bits per heavy atom. The van der Waals surface area contributed by atoms with Crippen LogP contribution in [0.5, 0.6) is 5.75 Å². The van der Waals surface area contributed by atoms with Gasteiger partial charge in [0.25, 0.3) is 0 Å². The van der Waals surface area contributed by atoms with Gasteiger partial charge in [-0.2, -0.15) is 0 Å². The predicted molar refractivity (Wildman–Crippen MR) is 81.4 cm³/mol. The molecule has 0 fully saturated rings.